The van der Waals surface area contributed by atoms with Gasteiger partial charge in [-0.25, -0.2) is 4.99 Å². The Morgan fingerprint density at radius 2 is 2.00 bits per heavy atom. The van der Waals surface area contributed by atoms with Crippen LogP contribution in [0.3, 0.4) is 0 Å². The molecule has 0 aliphatic carbocycles. The van der Waals surface area contributed by atoms with E-state index in [4.69, 9.17) is 9.73 Å². The minimum Gasteiger partial charge on any atom is -0.494 e. The third-order valence-electron chi connectivity index (χ3n) is 5.12. The predicted octanol–water partition coefficient (Wildman–Crippen LogP) is 2.56. The zero-order valence-electron chi connectivity index (χ0n) is 18.2. The molecular formula is C22H39N5O. The lowest BCUT2D eigenvalue weighted by atomic mass is 10.2. The maximum atomic E-state index is 5.80. The molecule has 28 heavy (non-hydrogen) atoms. The van der Waals surface area contributed by atoms with Crippen molar-refractivity contribution >= 4 is 5.96 Å². The molecule has 1 fully saturated rings. The van der Waals surface area contributed by atoms with Gasteiger partial charge in [0.1, 0.15) is 5.75 Å². The number of hydrogen-bond acceptors (Lipinski definition) is 4. The molecule has 0 radical (unpaired) electrons. The number of aliphatic imine (C=N–C) groups is 1. The molecule has 2 rings (SSSR count). The lowest BCUT2D eigenvalue weighted by molar-refractivity contribution is 0.267. The molecule has 1 atom stereocenters. The molecule has 1 saturated heterocycles. The fourth-order valence-electron chi connectivity index (χ4n) is 3.53. The van der Waals surface area contributed by atoms with E-state index in [0.717, 1.165) is 50.9 Å². The molecule has 1 unspecified atom stereocenters. The molecule has 1 aromatic rings. The minimum atomic E-state index is 0.623. The van der Waals surface area contributed by atoms with Crippen molar-refractivity contribution in [2.24, 2.45) is 4.99 Å². The van der Waals surface area contributed by atoms with Gasteiger partial charge in [0.25, 0.3) is 0 Å². The standard InChI is InChI=1S/C22H39N5O/c1-5-23-22(25-18-20-9-7-15-27(20)6-2)24-17-19-10-12-21(13-11-19)28-16-8-14-26(3)4/h10-13,20H,5-9,14-18H2,1-4H3,(H2,23,24,25). The van der Waals surface area contributed by atoms with Gasteiger partial charge in [-0.15, -0.1) is 0 Å². The fraction of sp³-hybridized carbons (Fsp3) is 0.682. The van der Waals surface area contributed by atoms with Crippen molar-refractivity contribution in [1.82, 2.24) is 20.4 Å². The number of ether oxygens (including phenoxy) is 1. The van der Waals surface area contributed by atoms with Gasteiger partial charge in [0.05, 0.1) is 13.2 Å². The topological polar surface area (TPSA) is 52.1 Å². The highest BCUT2D eigenvalue weighted by Gasteiger charge is 2.22. The van der Waals surface area contributed by atoms with Crippen molar-refractivity contribution in [2.45, 2.75) is 45.7 Å². The van der Waals surface area contributed by atoms with E-state index in [1.807, 2.05) is 12.1 Å². The van der Waals surface area contributed by atoms with Gasteiger partial charge in [-0.3, -0.25) is 4.90 Å². The molecule has 1 heterocycles. The molecule has 2 N–H and O–H groups in total. The second kappa shape index (κ2) is 12.6. The highest BCUT2D eigenvalue weighted by Crippen LogP contribution is 2.16. The maximum absolute atomic E-state index is 5.80. The highest BCUT2D eigenvalue weighted by molar-refractivity contribution is 5.79. The predicted molar refractivity (Wildman–Crippen MR) is 118 cm³/mol. The van der Waals surface area contributed by atoms with Gasteiger partial charge in [-0.05, 0) is 71.1 Å². The summed E-state index contributed by atoms with van der Waals surface area (Å²) in [5.41, 5.74) is 1.19. The summed E-state index contributed by atoms with van der Waals surface area (Å²) >= 11 is 0. The maximum Gasteiger partial charge on any atom is 0.191 e. The second-order valence-electron chi connectivity index (χ2n) is 7.65. The quantitative estimate of drug-likeness (QED) is 0.346. The minimum absolute atomic E-state index is 0.623. The van der Waals surface area contributed by atoms with E-state index < -0.39 is 0 Å². The molecule has 1 aromatic carbocycles. The highest BCUT2D eigenvalue weighted by atomic mass is 16.5. The Morgan fingerprint density at radius 3 is 2.68 bits per heavy atom. The average Bonchev–Trinajstić information content (AvgIpc) is 3.16. The summed E-state index contributed by atoms with van der Waals surface area (Å²) in [6.45, 7) is 11.0. The summed E-state index contributed by atoms with van der Waals surface area (Å²) in [7, 11) is 4.17. The van der Waals surface area contributed by atoms with Crippen LogP contribution in [-0.4, -0.2) is 75.2 Å². The first kappa shape index (κ1) is 22.5. The summed E-state index contributed by atoms with van der Waals surface area (Å²) in [5, 5.41) is 6.88. The molecule has 158 valence electrons. The first-order chi connectivity index (χ1) is 13.6. The van der Waals surface area contributed by atoms with Crippen LogP contribution in [0.4, 0.5) is 0 Å². The SMILES string of the molecule is CCNC(=NCc1ccc(OCCCN(C)C)cc1)NCC1CCCN1CC. The lowest BCUT2D eigenvalue weighted by Crippen LogP contribution is -2.44. The Hall–Kier alpha value is -1.79. The number of benzene rings is 1. The number of nitrogens with one attached hydrogen (secondary N) is 2. The summed E-state index contributed by atoms with van der Waals surface area (Å²) in [4.78, 5) is 9.47. The molecule has 0 saturated carbocycles. The van der Waals surface area contributed by atoms with Crippen LogP contribution in [0.2, 0.25) is 0 Å². The van der Waals surface area contributed by atoms with E-state index in [0.29, 0.717) is 12.6 Å². The molecule has 1 aliphatic rings. The van der Waals surface area contributed by atoms with Crippen molar-refractivity contribution in [3.8, 4) is 5.75 Å². The Morgan fingerprint density at radius 1 is 1.21 bits per heavy atom. The van der Waals surface area contributed by atoms with Crippen molar-refractivity contribution < 1.29 is 4.74 Å². The van der Waals surface area contributed by atoms with E-state index in [-0.39, 0.29) is 0 Å². The average molecular weight is 390 g/mol. The Bertz CT molecular complexity index is 573. The molecule has 6 nitrogen and oxygen atoms in total. The van der Waals surface area contributed by atoms with E-state index in [1.54, 1.807) is 0 Å². The zero-order valence-corrected chi connectivity index (χ0v) is 18.2. The lowest BCUT2D eigenvalue weighted by Gasteiger charge is -2.24. The Kier molecular flexibility index (Phi) is 10.1. The monoisotopic (exact) mass is 389 g/mol. The number of nitrogens with zero attached hydrogens (tertiary/aromatic N) is 3. The van der Waals surface area contributed by atoms with E-state index in [9.17, 15) is 0 Å². The molecule has 0 bridgehead atoms. The van der Waals surface area contributed by atoms with Crippen LogP contribution in [0.25, 0.3) is 0 Å². The normalized spacial score (nSPS) is 17.9. The number of likely N-dealkylation sites (tertiary alicyclic amines) is 1. The number of rotatable bonds is 11. The molecular weight excluding hydrogens is 350 g/mol. The number of hydrogen-bond donors (Lipinski definition) is 2. The van der Waals surface area contributed by atoms with Crippen LogP contribution >= 0.6 is 0 Å². The van der Waals surface area contributed by atoms with E-state index >= 15 is 0 Å². The smallest absolute Gasteiger partial charge is 0.191 e. The third kappa shape index (κ3) is 8.07. The molecule has 0 spiro atoms. The zero-order chi connectivity index (χ0) is 20.2. The van der Waals surface area contributed by atoms with Crippen molar-refractivity contribution in [1.29, 1.82) is 0 Å². The van der Waals surface area contributed by atoms with Gasteiger partial charge in [-0.2, -0.15) is 0 Å². The fourth-order valence-corrected chi connectivity index (χ4v) is 3.53. The number of likely N-dealkylation sites (N-methyl/N-ethyl adjacent to an activating group) is 1. The largest absolute Gasteiger partial charge is 0.494 e. The first-order valence-corrected chi connectivity index (χ1v) is 10.7. The second-order valence-corrected chi connectivity index (χ2v) is 7.65. The van der Waals surface area contributed by atoms with Crippen LogP contribution in [0, 0.1) is 0 Å². The van der Waals surface area contributed by atoms with Gasteiger partial charge in [-0.1, -0.05) is 19.1 Å². The van der Waals surface area contributed by atoms with Crippen LogP contribution in [-0.2, 0) is 6.54 Å². The van der Waals surface area contributed by atoms with Crippen LogP contribution in [0.5, 0.6) is 5.75 Å². The van der Waals surface area contributed by atoms with Gasteiger partial charge < -0.3 is 20.3 Å². The molecule has 6 heteroatoms. The molecule has 0 amide bonds. The van der Waals surface area contributed by atoms with E-state index in [2.05, 4.69) is 60.5 Å². The van der Waals surface area contributed by atoms with Crippen molar-refractivity contribution in [3.63, 3.8) is 0 Å². The van der Waals surface area contributed by atoms with Gasteiger partial charge in [0.15, 0.2) is 5.96 Å². The van der Waals surface area contributed by atoms with Crippen LogP contribution in [0.15, 0.2) is 29.3 Å². The van der Waals surface area contributed by atoms with Crippen LogP contribution < -0.4 is 15.4 Å². The Labute approximate surface area is 171 Å². The first-order valence-electron chi connectivity index (χ1n) is 10.7. The van der Waals surface area contributed by atoms with Gasteiger partial charge >= 0.3 is 0 Å². The third-order valence-corrected chi connectivity index (χ3v) is 5.12. The van der Waals surface area contributed by atoms with Gasteiger partial charge in [0, 0.05) is 25.7 Å². The summed E-state index contributed by atoms with van der Waals surface area (Å²) in [6, 6.07) is 8.91. The number of guanidine groups is 1. The summed E-state index contributed by atoms with van der Waals surface area (Å²) in [5.74, 6) is 1.83. The van der Waals surface area contributed by atoms with E-state index in [1.165, 1.54) is 24.9 Å². The van der Waals surface area contributed by atoms with Crippen LogP contribution in [0.1, 0.15) is 38.7 Å². The molecule has 0 aromatic heterocycles. The van der Waals surface area contributed by atoms with Crippen molar-refractivity contribution in [2.75, 3.05) is 53.4 Å². The Balaban J connectivity index is 1.79. The van der Waals surface area contributed by atoms with Gasteiger partial charge in [0.2, 0.25) is 0 Å². The molecule has 1 aliphatic heterocycles. The summed E-state index contributed by atoms with van der Waals surface area (Å²) in [6.07, 6.45) is 3.61. The summed E-state index contributed by atoms with van der Waals surface area (Å²) < 4.78 is 5.80. The van der Waals surface area contributed by atoms with Crippen molar-refractivity contribution in [3.05, 3.63) is 29.8 Å².